The second kappa shape index (κ2) is 6.52. The summed E-state index contributed by atoms with van der Waals surface area (Å²) in [6.07, 6.45) is 3.52. The van der Waals surface area contributed by atoms with Crippen molar-refractivity contribution in [1.29, 1.82) is 0 Å². The summed E-state index contributed by atoms with van der Waals surface area (Å²) in [7, 11) is 0. The Hall–Kier alpha value is -1.62. The van der Waals surface area contributed by atoms with Crippen LogP contribution in [0.4, 0.5) is 0 Å². The summed E-state index contributed by atoms with van der Waals surface area (Å²) in [5.74, 6) is 0.253. The molecule has 0 aliphatic heterocycles. The highest BCUT2D eigenvalue weighted by atomic mass is 16.6. The molecule has 5 nitrogen and oxygen atoms in total. The number of aromatic nitrogens is 1. The number of hydrogen-bond acceptors (Lipinski definition) is 4. The zero-order chi connectivity index (χ0) is 13.7. The lowest BCUT2D eigenvalue weighted by Gasteiger charge is -2.12. The van der Waals surface area contributed by atoms with E-state index < -0.39 is 6.10 Å². The average molecular weight is 265 g/mol. The smallest absolute Gasteiger partial charge is 0.335 e. The first-order valence-corrected chi connectivity index (χ1v) is 6.60. The fourth-order valence-corrected chi connectivity index (χ4v) is 1.64. The van der Waals surface area contributed by atoms with E-state index in [1.54, 1.807) is 25.3 Å². The molecule has 5 heteroatoms. The fourth-order valence-electron chi connectivity index (χ4n) is 1.64. The third-order valence-electron chi connectivity index (χ3n) is 3.09. The molecule has 0 bridgehead atoms. The second-order valence-corrected chi connectivity index (χ2v) is 4.82. The molecule has 19 heavy (non-hydrogen) atoms. The molecule has 0 aromatic carbocycles. The van der Waals surface area contributed by atoms with Gasteiger partial charge in [-0.25, -0.2) is 4.79 Å². The number of ether oxygens (including phenoxy) is 2. The molecule has 104 valence electrons. The lowest BCUT2D eigenvalue weighted by Crippen LogP contribution is -2.27. The standard InChI is InChI=1S/C14H19NO4/c1-11(19-10-12-5-6-12)14(17)18-9-8-15-7-3-2-4-13(15)16/h2-4,7,11-12H,5-6,8-10H2,1H3. The van der Waals surface area contributed by atoms with Crippen LogP contribution in [0.15, 0.2) is 29.2 Å². The molecule has 0 spiro atoms. The van der Waals surface area contributed by atoms with Gasteiger partial charge in [-0.2, -0.15) is 0 Å². The van der Waals surface area contributed by atoms with Crippen LogP contribution < -0.4 is 5.56 Å². The minimum absolute atomic E-state index is 0.100. The van der Waals surface area contributed by atoms with Crippen molar-refractivity contribution in [3.63, 3.8) is 0 Å². The predicted octanol–water partition coefficient (Wildman–Crippen LogP) is 1.21. The van der Waals surface area contributed by atoms with Crippen LogP contribution in [0.1, 0.15) is 19.8 Å². The van der Waals surface area contributed by atoms with Crippen LogP contribution in [-0.2, 0) is 20.8 Å². The van der Waals surface area contributed by atoms with Gasteiger partial charge in [-0.05, 0) is 31.7 Å². The SMILES string of the molecule is CC(OCC1CC1)C(=O)OCCn1ccccc1=O. The van der Waals surface area contributed by atoms with Gasteiger partial charge in [0.15, 0.2) is 6.10 Å². The van der Waals surface area contributed by atoms with E-state index in [0.717, 1.165) is 0 Å². The average Bonchev–Trinajstić information content (AvgIpc) is 3.22. The first kappa shape index (κ1) is 13.8. The minimum atomic E-state index is -0.534. The van der Waals surface area contributed by atoms with Crippen LogP contribution in [0.5, 0.6) is 0 Å². The van der Waals surface area contributed by atoms with Crippen molar-refractivity contribution in [2.24, 2.45) is 5.92 Å². The molecule has 1 fully saturated rings. The van der Waals surface area contributed by atoms with Crippen molar-refractivity contribution in [2.75, 3.05) is 13.2 Å². The number of carbonyl (C=O) groups excluding carboxylic acids is 1. The van der Waals surface area contributed by atoms with Crippen LogP contribution in [0.2, 0.25) is 0 Å². The Kier molecular flexibility index (Phi) is 4.74. The van der Waals surface area contributed by atoms with Gasteiger partial charge in [-0.15, -0.1) is 0 Å². The highest BCUT2D eigenvalue weighted by Gasteiger charge is 2.24. The first-order valence-electron chi connectivity index (χ1n) is 6.60. The largest absolute Gasteiger partial charge is 0.462 e. The van der Waals surface area contributed by atoms with E-state index in [1.165, 1.54) is 23.5 Å². The Morgan fingerprint density at radius 1 is 1.47 bits per heavy atom. The van der Waals surface area contributed by atoms with Crippen molar-refractivity contribution >= 4 is 5.97 Å². The lowest BCUT2D eigenvalue weighted by molar-refractivity contribution is -0.156. The molecule has 1 unspecified atom stereocenters. The molecule has 1 heterocycles. The van der Waals surface area contributed by atoms with Crippen LogP contribution in [0.3, 0.4) is 0 Å². The zero-order valence-electron chi connectivity index (χ0n) is 11.1. The van der Waals surface area contributed by atoms with Crippen LogP contribution in [0, 0.1) is 5.92 Å². The van der Waals surface area contributed by atoms with Crippen LogP contribution in [-0.4, -0.2) is 29.9 Å². The van der Waals surface area contributed by atoms with Gasteiger partial charge in [0, 0.05) is 12.3 Å². The summed E-state index contributed by atoms with van der Waals surface area (Å²) in [4.78, 5) is 23.0. The van der Waals surface area contributed by atoms with E-state index in [0.29, 0.717) is 19.1 Å². The van der Waals surface area contributed by atoms with E-state index in [-0.39, 0.29) is 18.1 Å². The third kappa shape index (κ3) is 4.52. The van der Waals surface area contributed by atoms with Gasteiger partial charge in [0.05, 0.1) is 13.2 Å². The summed E-state index contributed by atoms with van der Waals surface area (Å²) in [5.41, 5.74) is -0.100. The van der Waals surface area contributed by atoms with Crippen molar-refractivity contribution in [2.45, 2.75) is 32.4 Å². The molecule has 0 radical (unpaired) electrons. The first-order chi connectivity index (χ1) is 9.16. The Morgan fingerprint density at radius 2 is 2.26 bits per heavy atom. The molecular weight excluding hydrogens is 246 g/mol. The second-order valence-electron chi connectivity index (χ2n) is 4.82. The summed E-state index contributed by atoms with van der Waals surface area (Å²) >= 11 is 0. The topological polar surface area (TPSA) is 57.5 Å². The maximum atomic E-state index is 11.6. The van der Waals surface area contributed by atoms with E-state index in [1.807, 2.05) is 0 Å². The van der Waals surface area contributed by atoms with Gasteiger partial charge < -0.3 is 14.0 Å². The molecule has 1 aromatic rings. The monoisotopic (exact) mass is 265 g/mol. The van der Waals surface area contributed by atoms with Crippen molar-refractivity contribution < 1.29 is 14.3 Å². The lowest BCUT2D eigenvalue weighted by atomic mass is 10.4. The van der Waals surface area contributed by atoms with Gasteiger partial charge >= 0.3 is 5.97 Å². The number of hydrogen-bond donors (Lipinski definition) is 0. The molecule has 0 amide bonds. The Bertz CT molecular complexity index is 478. The van der Waals surface area contributed by atoms with Crippen molar-refractivity contribution in [3.8, 4) is 0 Å². The molecule has 1 aromatic heterocycles. The van der Waals surface area contributed by atoms with Crippen LogP contribution in [0.25, 0.3) is 0 Å². The number of esters is 1. The zero-order valence-corrected chi connectivity index (χ0v) is 11.1. The maximum Gasteiger partial charge on any atom is 0.335 e. The van der Waals surface area contributed by atoms with Gasteiger partial charge in [0.25, 0.3) is 5.56 Å². The summed E-state index contributed by atoms with van der Waals surface area (Å²) in [5, 5.41) is 0. The van der Waals surface area contributed by atoms with Gasteiger partial charge in [-0.3, -0.25) is 4.79 Å². The van der Waals surface area contributed by atoms with E-state index in [4.69, 9.17) is 9.47 Å². The Morgan fingerprint density at radius 3 is 2.95 bits per heavy atom. The highest BCUT2D eigenvalue weighted by Crippen LogP contribution is 2.29. The van der Waals surface area contributed by atoms with E-state index >= 15 is 0 Å². The van der Waals surface area contributed by atoms with Gasteiger partial charge in [0.1, 0.15) is 6.61 Å². The number of pyridine rings is 1. The van der Waals surface area contributed by atoms with Gasteiger partial charge in [-0.1, -0.05) is 6.07 Å². The number of carbonyl (C=O) groups is 1. The Balaban J connectivity index is 1.68. The van der Waals surface area contributed by atoms with Gasteiger partial charge in [0.2, 0.25) is 0 Å². The molecular formula is C14H19NO4. The highest BCUT2D eigenvalue weighted by molar-refractivity contribution is 5.74. The molecule has 0 saturated heterocycles. The summed E-state index contributed by atoms with van der Waals surface area (Å²) in [6, 6.07) is 4.92. The normalized spacial score (nSPS) is 16.1. The minimum Gasteiger partial charge on any atom is -0.462 e. The Labute approximate surface area is 112 Å². The van der Waals surface area contributed by atoms with Crippen molar-refractivity contribution in [1.82, 2.24) is 4.57 Å². The summed E-state index contributed by atoms with van der Waals surface area (Å²) < 4.78 is 12.0. The van der Waals surface area contributed by atoms with E-state index in [2.05, 4.69) is 0 Å². The molecule has 2 rings (SSSR count). The number of nitrogens with zero attached hydrogens (tertiary/aromatic N) is 1. The number of rotatable bonds is 7. The molecule has 1 aliphatic rings. The molecule has 0 N–H and O–H groups in total. The molecule has 1 saturated carbocycles. The van der Waals surface area contributed by atoms with Crippen LogP contribution >= 0.6 is 0 Å². The summed E-state index contributed by atoms with van der Waals surface area (Å²) in [6.45, 7) is 2.87. The maximum absolute atomic E-state index is 11.6. The molecule has 1 atom stereocenters. The molecule has 1 aliphatic carbocycles. The predicted molar refractivity (Wildman–Crippen MR) is 69.8 cm³/mol. The quantitative estimate of drug-likeness (QED) is 0.695. The van der Waals surface area contributed by atoms with E-state index in [9.17, 15) is 9.59 Å². The van der Waals surface area contributed by atoms with Crippen molar-refractivity contribution in [3.05, 3.63) is 34.7 Å². The third-order valence-corrected chi connectivity index (χ3v) is 3.09. The fraction of sp³-hybridized carbons (Fsp3) is 0.571.